The molecule has 3 rings (SSSR count). The lowest BCUT2D eigenvalue weighted by Gasteiger charge is -2.42. The number of carbonyl (C=O) groups excluding carboxylic acids is 2. The predicted molar refractivity (Wildman–Crippen MR) is 160 cm³/mol. The molecule has 2 aromatic carbocycles. The minimum Gasteiger partial charge on any atom is -0.456 e. The van der Waals surface area contributed by atoms with Crippen LogP contribution in [-0.2, 0) is 23.4 Å². The molecule has 8 heteroatoms. The van der Waals surface area contributed by atoms with E-state index in [-0.39, 0.29) is 11.6 Å². The van der Waals surface area contributed by atoms with Gasteiger partial charge in [-0.25, -0.2) is 4.79 Å². The molecule has 0 aliphatic carbocycles. The maximum absolute atomic E-state index is 13.2. The molecule has 1 fully saturated rings. The van der Waals surface area contributed by atoms with E-state index in [2.05, 4.69) is 69.3 Å². The summed E-state index contributed by atoms with van der Waals surface area (Å²) >= 11 is 0. The molecule has 1 aliphatic rings. The topological polar surface area (TPSA) is 74.3 Å². The molecule has 1 saturated heterocycles. The Balaban J connectivity index is 1.93. The van der Waals surface area contributed by atoms with Gasteiger partial charge < -0.3 is 18.6 Å². The Morgan fingerprint density at radius 3 is 1.98 bits per heavy atom. The van der Waals surface area contributed by atoms with Crippen molar-refractivity contribution in [3.63, 3.8) is 0 Å². The van der Waals surface area contributed by atoms with Gasteiger partial charge in [-0.2, -0.15) is 0 Å². The van der Waals surface area contributed by atoms with Crippen molar-refractivity contribution >= 4 is 30.8 Å². The number of ether oxygens (including phenoxy) is 3. The molecule has 0 unspecified atom stereocenters. The molecule has 1 amide bonds. The highest BCUT2D eigenvalue weighted by atomic mass is 28.4. The van der Waals surface area contributed by atoms with Crippen molar-refractivity contribution in [2.75, 3.05) is 13.2 Å². The Morgan fingerprint density at radius 2 is 1.52 bits per heavy atom. The first-order valence-corrected chi connectivity index (χ1v) is 15.7. The Kier molecular flexibility index (Phi) is 9.70. The van der Waals surface area contributed by atoms with E-state index in [9.17, 15) is 9.59 Å². The third-order valence-electron chi connectivity index (χ3n) is 6.93. The van der Waals surface area contributed by atoms with Crippen molar-refractivity contribution in [2.24, 2.45) is 0 Å². The number of hydrogen-bond donors (Lipinski definition) is 0. The minimum atomic E-state index is -2.73. The zero-order valence-corrected chi connectivity index (χ0v) is 26.4. The third kappa shape index (κ3) is 7.22. The van der Waals surface area contributed by atoms with E-state index in [1.165, 1.54) is 22.2 Å². The molecular formula is C32H45NO6Si. The van der Waals surface area contributed by atoms with Gasteiger partial charge in [0.2, 0.25) is 0 Å². The monoisotopic (exact) mass is 567 g/mol. The van der Waals surface area contributed by atoms with Crippen LogP contribution < -0.4 is 10.4 Å². The average Bonchev–Trinajstić information content (AvgIpc) is 3.17. The molecule has 218 valence electrons. The predicted octanol–water partition coefficient (Wildman–Crippen LogP) is 5.42. The standard InChI is InChI=1S/C32H45NO6Si/c1-24(34)38-28(27-23-36-32(8,9)33(27)29(35)39-30(2,3)4)21-16-22-37-40(31(5,6)7,25-17-12-10-13-18-25)26-19-14-11-15-20-26/h10-21,27-28H,22-23H2,1-9H3/b21-16+/t27-,28+/m0/s1. The summed E-state index contributed by atoms with van der Waals surface area (Å²) in [5.41, 5.74) is -1.61. The van der Waals surface area contributed by atoms with Gasteiger partial charge in [0.05, 0.1) is 13.2 Å². The molecular weight excluding hydrogens is 522 g/mol. The van der Waals surface area contributed by atoms with Crippen LogP contribution in [0.2, 0.25) is 5.04 Å². The lowest BCUT2D eigenvalue weighted by Crippen LogP contribution is -2.66. The number of carbonyl (C=O) groups is 2. The normalized spacial score (nSPS) is 18.5. The number of rotatable bonds is 8. The summed E-state index contributed by atoms with van der Waals surface area (Å²) in [6.45, 7) is 17.6. The molecule has 0 saturated carbocycles. The lowest BCUT2D eigenvalue weighted by molar-refractivity contribution is -0.147. The molecule has 1 aliphatic heterocycles. The van der Waals surface area contributed by atoms with Crippen molar-refractivity contribution in [3.05, 3.63) is 72.8 Å². The van der Waals surface area contributed by atoms with Crippen molar-refractivity contribution in [3.8, 4) is 0 Å². The number of esters is 1. The van der Waals surface area contributed by atoms with E-state index in [0.717, 1.165) is 0 Å². The first kappa shape index (κ1) is 31.6. The molecule has 2 atom stereocenters. The van der Waals surface area contributed by atoms with Gasteiger partial charge in [-0.1, -0.05) is 87.5 Å². The van der Waals surface area contributed by atoms with Crippen molar-refractivity contribution < 1.29 is 28.2 Å². The van der Waals surface area contributed by atoms with Crippen molar-refractivity contribution in [1.82, 2.24) is 4.90 Å². The molecule has 2 aromatic rings. The number of amides is 1. The second-order valence-corrected chi connectivity index (χ2v) is 17.0. The highest BCUT2D eigenvalue weighted by Gasteiger charge is 2.51. The van der Waals surface area contributed by atoms with Crippen LogP contribution in [0.25, 0.3) is 0 Å². The molecule has 40 heavy (non-hydrogen) atoms. The summed E-state index contributed by atoms with van der Waals surface area (Å²) in [5, 5.41) is 2.19. The first-order valence-electron chi connectivity index (χ1n) is 13.8. The molecule has 0 aromatic heterocycles. The van der Waals surface area contributed by atoms with Crippen LogP contribution in [-0.4, -0.2) is 62.0 Å². The van der Waals surface area contributed by atoms with Gasteiger partial charge >= 0.3 is 12.1 Å². The van der Waals surface area contributed by atoms with Gasteiger partial charge in [0.15, 0.2) is 0 Å². The Bertz CT molecular complexity index is 1130. The minimum absolute atomic E-state index is 0.171. The Hall–Kier alpha value is -2.94. The van der Waals surface area contributed by atoms with E-state index in [1.54, 1.807) is 19.9 Å². The van der Waals surface area contributed by atoms with E-state index in [0.29, 0.717) is 6.61 Å². The molecule has 0 radical (unpaired) electrons. The fourth-order valence-corrected chi connectivity index (χ4v) is 9.80. The quantitative estimate of drug-likeness (QED) is 0.241. The largest absolute Gasteiger partial charge is 0.456 e. The summed E-state index contributed by atoms with van der Waals surface area (Å²) in [6.07, 6.45) is 2.42. The highest BCUT2D eigenvalue weighted by Crippen LogP contribution is 2.37. The smallest absolute Gasteiger partial charge is 0.413 e. The fourth-order valence-electron chi connectivity index (χ4n) is 5.30. The van der Waals surface area contributed by atoms with Crippen molar-refractivity contribution in [2.45, 2.75) is 90.8 Å². The molecule has 1 heterocycles. The van der Waals surface area contributed by atoms with Gasteiger partial charge in [-0.05, 0) is 56.1 Å². The Morgan fingerprint density at radius 1 is 1.00 bits per heavy atom. The second-order valence-electron chi connectivity index (χ2n) is 12.7. The van der Waals surface area contributed by atoms with Gasteiger partial charge in [-0.15, -0.1) is 0 Å². The van der Waals surface area contributed by atoms with Gasteiger partial charge in [0.25, 0.3) is 8.32 Å². The Labute approximate surface area is 240 Å². The molecule has 0 spiro atoms. The zero-order valence-electron chi connectivity index (χ0n) is 25.4. The van der Waals surface area contributed by atoms with Crippen LogP contribution in [0, 0.1) is 0 Å². The summed E-state index contributed by atoms with van der Waals surface area (Å²) in [6, 6.07) is 20.3. The SMILES string of the molecule is CC(=O)O[C@H](/C=C/CO[Si](c1ccccc1)(c1ccccc1)C(C)(C)C)[C@@H]1COC(C)(C)N1C(=O)OC(C)(C)C. The maximum Gasteiger partial charge on any atom is 0.413 e. The zero-order chi connectivity index (χ0) is 29.8. The number of nitrogens with zero attached hydrogens (tertiary/aromatic N) is 1. The summed E-state index contributed by atoms with van der Waals surface area (Å²) < 4.78 is 24.3. The second kappa shape index (κ2) is 12.3. The van der Waals surface area contributed by atoms with Crippen LogP contribution in [0.3, 0.4) is 0 Å². The average molecular weight is 568 g/mol. The highest BCUT2D eigenvalue weighted by molar-refractivity contribution is 6.99. The van der Waals surface area contributed by atoms with Crippen LogP contribution >= 0.6 is 0 Å². The summed E-state index contributed by atoms with van der Waals surface area (Å²) in [5.74, 6) is -0.448. The molecule has 0 N–H and O–H groups in total. The van der Waals surface area contributed by atoms with E-state index >= 15 is 0 Å². The fraction of sp³-hybridized carbons (Fsp3) is 0.500. The van der Waals surface area contributed by atoms with Crippen LogP contribution in [0.5, 0.6) is 0 Å². The van der Waals surface area contributed by atoms with E-state index < -0.39 is 43.9 Å². The van der Waals surface area contributed by atoms with E-state index in [1.807, 2.05) is 39.0 Å². The van der Waals surface area contributed by atoms with Crippen molar-refractivity contribution in [1.29, 1.82) is 0 Å². The molecule has 0 bridgehead atoms. The van der Waals surface area contributed by atoms with Crippen LogP contribution in [0.1, 0.15) is 62.3 Å². The number of benzene rings is 2. The van der Waals surface area contributed by atoms with Gasteiger partial charge in [-0.3, -0.25) is 9.69 Å². The lowest BCUT2D eigenvalue weighted by atomic mass is 10.1. The van der Waals surface area contributed by atoms with Gasteiger partial charge in [0.1, 0.15) is 23.5 Å². The van der Waals surface area contributed by atoms with Gasteiger partial charge in [0, 0.05) is 6.92 Å². The van der Waals surface area contributed by atoms with Crippen LogP contribution in [0.15, 0.2) is 72.8 Å². The molecule has 7 nitrogen and oxygen atoms in total. The van der Waals surface area contributed by atoms with Crippen LogP contribution in [0.4, 0.5) is 4.79 Å². The summed E-state index contributed by atoms with van der Waals surface area (Å²) in [7, 11) is -2.73. The third-order valence-corrected chi connectivity index (χ3v) is 11.9. The first-order chi connectivity index (χ1) is 18.6. The summed E-state index contributed by atoms with van der Waals surface area (Å²) in [4.78, 5) is 26.8. The van der Waals surface area contributed by atoms with E-state index in [4.69, 9.17) is 18.6 Å². The maximum atomic E-state index is 13.2. The number of hydrogen-bond acceptors (Lipinski definition) is 6.